The molecule has 3 saturated heterocycles. The Hall–Kier alpha value is -2.16. The van der Waals surface area contributed by atoms with Gasteiger partial charge in [-0.05, 0) is 58.6 Å². The summed E-state index contributed by atoms with van der Waals surface area (Å²) in [6, 6.07) is 6.60. The fraction of sp³-hybridized carbons (Fsp3) is 0.640. The highest BCUT2D eigenvalue weighted by Gasteiger charge is 2.45. The highest BCUT2D eigenvalue weighted by molar-refractivity contribution is 6.30. The van der Waals surface area contributed by atoms with Crippen LogP contribution in [0.2, 0.25) is 5.15 Å². The summed E-state index contributed by atoms with van der Waals surface area (Å²) in [4.78, 5) is 26.6. The predicted octanol–water partition coefficient (Wildman–Crippen LogP) is 4.46. The zero-order valence-electron chi connectivity index (χ0n) is 20.2. The molecule has 3 aliphatic heterocycles. The third-order valence-electron chi connectivity index (χ3n) is 6.88. The van der Waals surface area contributed by atoms with Crippen molar-refractivity contribution in [2.45, 2.75) is 76.7 Å². The van der Waals surface area contributed by atoms with Gasteiger partial charge in [-0.2, -0.15) is 0 Å². The molecule has 5 heterocycles. The van der Waals surface area contributed by atoms with E-state index in [1.165, 1.54) is 0 Å². The summed E-state index contributed by atoms with van der Waals surface area (Å²) in [6.07, 6.45) is 3.57. The Bertz CT molecular complexity index is 1040. The van der Waals surface area contributed by atoms with E-state index in [0.717, 1.165) is 80.9 Å². The molecule has 0 saturated carbocycles. The molecular weight excluding hydrogens is 454 g/mol. The van der Waals surface area contributed by atoms with E-state index in [9.17, 15) is 4.79 Å². The summed E-state index contributed by atoms with van der Waals surface area (Å²) in [7, 11) is 0. The van der Waals surface area contributed by atoms with Crippen LogP contribution in [0.5, 0.6) is 0 Å². The molecule has 3 fully saturated rings. The molecule has 2 atom stereocenters. The number of carbonyl (C=O) groups excluding carboxylic acids is 1. The molecule has 2 aromatic rings. The molecular formula is C25H34ClN5O3. The van der Waals surface area contributed by atoms with Crippen LogP contribution in [0, 0.1) is 0 Å². The SMILES string of the molecule is CC(C)(C)OC(=O)N1C2CCC1CC(Nc1nc(Cl)cc3nc(CN4CCOCC4)ccc13)C2. The van der Waals surface area contributed by atoms with Crippen molar-refractivity contribution < 1.29 is 14.3 Å². The van der Waals surface area contributed by atoms with Crippen LogP contribution in [-0.4, -0.2) is 75.9 Å². The van der Waals surface area contributed by atoms with Crippen LogP contribution >= 0.6 is 11.6 Å². The summed E-state index contributed by atoms with van der Waals surface area (Å²) < 4.78 is 11.1. The molecule has 2 unspecified atom stereocenters. The number of carbonyl (C=O) groups is 1. The Balaban J connectivity index is 1.30. The van der Waals surface area contributed by atoms with E-state index in [4.69, 9.17) is 26.1 Å². The van der Waals surface area contributed by atoms with Gasteiger partial charge in [0, 0.05) is 49.2 Å². The van der Waals surface area contributed by atoms with Crippen molar-refractivity contribution in [2.75, 3.05) is 31.6 Å². The number of amides is 1. The first-order chi connectivity index (χ1) is 16.2. The summed E-state index contributed by atoms with van der Waals surface area (Å²) in [5, 5.41) is 5.03. The summed E-state index contributed by atoms with van der Waals surface area (Å²) >= 11 is 6.39. The lowest BCUT2D eigenvalue weighted by Gasteiger charge is -2.39. The number of morpholine rings is 1. The van der Waals surface area contributed by atoms with Gasteiger partial charge in [-0.25, -0.2) is 9.78 Å². The van der Waals surface area contributed by atoms with Crippen molar-refractivity contribution in [2.24, 2.45) is 0 Å². The molecule has 0 spiro atoms. The Morgan fingerprint density at radius 1 is 1.18 bits per heavy atom. The molecule has 34 heavy (non-hydrogen) atoms. The number of ether oxygens (including phenoxy) is 2. The van der Waals surface area contributed by atoms with E-state index in [0.29, 0.717) is 5.15 Å². The molecule has 1 amide bonds. The fourth-order valence-corrected chi connectivity index (χ4v) is 5.61. The van der Waals surface area contributed by atoms with Crippen LogP contribution in [0.1, 0.15) is 52.1 Å². The van der Waals surface area contributed by atoms with Crippen LogP contribution in [0.25, 0.3) is 10.9 Å². The van der Waals surface area contributed by atoms with Crippen molar-refractivity contribution in [3.8, 4) is 0 Å². The van der Waals surface area contributed by atoms with Crippen LogP contribution in [0.3, 0.4) is 0 Å². The van der Waals surface area contributed by atoms with Crippen molar-refractivity contribution in [3.63, 3.8) is 0 Å². The Morgan fingerprint density at radius 3 is 2.56 bits per heavy atom. The molecule has 0 aliphatic carbocycles. The standard InChI is InChI=1S/C25H34ClN5O3/c1-25(2,3)34-24(32)31-18-5-6-19(31)13-17(12-18)28-23-20-7-4-16(15-30-8-10-33-11-9-30)27-21(20)14-22(26)29-23/h4,7,14,17-19H,5-6,8-13,15H2,1-3H3,(H,28,29). The first-order valence-electron chi connectivity index (χ1n) is 12.3. The topological polar surface area (TPSA) is 79.8 Å². The monoisotopic (exact) mass is 487 g/mol. The highest BCUT2D eigenvalue weighted by atomic mass is 35.5. The van der Waals surface area contributed by atoms with Crippen molar-refractivity contribution in [1.82, 2.24) is 19.8 Å². The molecule has 5 rings (SSSR count). The van der Waals surface area contributed by atoms with E-state index >= 15 is 0 Å². The van der Waals surface area contributed by atoms with Crippen molar-refractivity contribution >= 4 is 34.4 Å². The van der Waals surface area contributed by atoms with Crippen LogP contribution < -0.4 is 5.32 Å². The van der Waals surface area contributed by atoms with Gasteiger partial charge in [-0.1, -0.05) is 11.6 Å². The van der Waals surface area contributed by atoms with E-state index in [2.05, 4.69) is 27.3 Å². The number of halogens is 1. The van der Waals surface area contributed by atoms with E-state index < -0.39 is 5.60 Å². The predicted molar refractivity (Wildman–Crippen MR) is 132 cm³/mol. The number of fused-ring (bicyclic) bond motifs is 3. The summed E-state index contributed by atoms with van der Waals surface area (Å²) in [6.45, 7) is 9.93. The Labute approximate surface area is 206 Å². The Kier molecular flexibility index (Phi) is 6.57. The molecule has 184 valence electrons. The largest absolute Gasteiger partial charge is 0.444 e. The van der Waals surface area contributed by atoms with E-state index in [-0.39, 0.29) is 24.2 Å². The van der Waals surface area contributed by atoms with Crippen molar-refractivity contribution in [1.29, 1.82) is 0 Å². The molecule has 8 nitrogen and oxygen atoms in total. The molecule has 0 radical (unpaired) electrons. The third-order valence-corrected chi connectivity index (χ3v) is 7.07. The maximum absolute atomic E-state index is 12.8. The molecule has 2 aromatic heterocycles. The van der Waals surface area contributed by atoms with Crippen LogP contribution in [0.15, 0.2) is 18.2 Å². The van der Waals surface area contributed by atoms with E-state index in [1.54, 1.807) is 0 Å². The maximum atomic E-state index is 12.8. The van der Waals surface area contributed by atoms with Gasteiger partial charge in [0.1, 0.15) is 16.6 Å². The number of hydrogen-bond acceptors (Lipinski definition) is 7. The van der Waals surface area contributed by atoms with Gasteiger partial charge in [0.2, 0.25) is 0 Å². The normalized spacial score (nSPS) is 25.5. The molecule has 1 N–H and O–H groups in total. The zero-order chi connectivity index (χ0) is 23.9. The number of nitrogens with zero attached hydrogens (tertiary/aromatic N) is 4. The second-order valence-corrected chi connectivity index (χ2v) is 11.0. The molecule has 3 aliphatic rings. The van der Waals surface area contributed by atoms with E-state index in [1.807, 2.05) is 31.7 Å². The summed E-state index contributed by atoms with van der Waals surface area (Å²) in [5.41, 5.74) is 1.39. The molecule has 9 heteroatoms. The molecule has 0 aromatic carbocycles. The zero-order valence-corrected chi connectivity index (χ0v) is 21.0. The van der Waals surface area contributed by atoms with Gasteiger partial charge < -0.3 is 19.7 Å². The van der Waals surface area contributed by atoms with Crippen molar-refractivity contribution in [3.05, 3.63) is 29.0 Å². The lowest BCUT2D eigenvalue weighted by molar-refractivity contribution is 0.00683. The van der Waals surface area contributed by atoms with Gasteiger partial charge in [-0.3, -0.25) is 9.88 Å². The number of nitrogens with one attached hydrogen (secondary N) is 1. The van der Waals surface area contributed by atoms with Crippen LogP contribution in [0.4, 0.5) is 10.6 Å². The van der Waals surface area contributed by atoms with Crippen LogP contribution in [-0.2, 0) is 16.0 Å². The lowest BCUT2D eigenvalue weighted by Crippen LogP contribution is -2.51. The minimum absolute atomic E-state index is 0.190. The number of anilines is 1. The van der Waals surface area contributed by atoms with Gasteiger partial charge in [0.25, 0.3) is 0 Å². The number of hydrogen-bond donors (Lipinski definition) is 1. The van der Waals surface area contributed by atoms with Gasteiger partial charge in [0.15, 0.2) is 0 Å². The lowest BCUT2D eigenvalue weighted by atomic mass is 9.97. The van der Waals surface area contributed by atoms with Gasteiger partial charge >= 0.3 is 6.09 Å². The number of pyridine rings is 2. The smallest absolute Gasteiger partial charge is 0.410 e. The number of piperidine rings is 1. The Morgan fingerprint density at radius 2 is 1.88 bits per heavy atom. The average molecular weight is 488 g/mol. The third kappa shape index (κ3) is 5.24. The first-order valence-corrected chi connectivity index (χ1v) is 12.7. The highest BCUT2D eigenvalue weighted by Crippen LogP contribution is 2.38. The average Bonchev–Trinajstić information content (AvgIpc) is 3.04. The minimum Gasteiger partial charge on any atom is -0.444 e. The quantitative estimate of drug-likeness (QED) is 0.638. The minimum atomic E-state index is -0.483. The maximum Gasteiger partial charge on any atom is 0.410 e. The van der Waals surface area contributed by atoms with Gasteiger partial charge in [0.05, 0.1) is 24.4 Å². The second kappa shape index (κ2) is 9.47. The second-order valence-electron chi connectivity index (χ2n) is 10.6. The first kappa shape index (κ1) is 23.6. The summed E-state index contributed by atoms with van der Waals surface area (Å²) in [5.74, 6) is 0.767. The number of aromatic nitrogens is 2. The fourth-order valence-electron chi connectivity index (χ4n) is 5.43. The number of rotatable bonds is 4. The molecule has 2 bridgehead atoms. The van der Waals surface area contributed by atoms with Gasteiger partial charge in [-0.15, -0.1) is 0 Å².